The number of likely N-dealkylation sites (tertiary alicyclic amines) is 1. The van der Waals surface area contributed by atoms with Crippen molar-refractivity contribution < 1.29 is 22.7 Å². The smallest absolute Gasteiger partial charge is 0.321 e. The Balaban J connectivity index is 1.53. The third kappa shape index (κ3) is 6.37. The summed E-state index contributed by atoms with van der Waals surface area (Å²) in [4.78, 5) is 14.2. The predicted molar refractivity (Wildman–Crippen MR) is 103 cm³/mol. The molecule has 0 saturated carbocycles. The number of rotatable bonds is 6. The molecule has 0 unspecified atom stereocenters. The Labute approximate surface area is 160 Å². The van der Waals surface area contributed by atoms with Crippen LogP contribution in [0.3, 0.4) is 0 Å². The van der Waals surface area contributed by atoms with Gasteiger partial charge in [-0.3, -0.25) is 0 Å². The van der Waals surface area contributed by atoms with Gasteiger partial charge in [-0.25, -0.2) is 17.9 Å². The van der Waals surface area contributed by atoms with Gasteiger partial charge < -0.3 is 19.7 Å². The molecule has 2 atom stereocenters. The van der Waals surface area contributed by atoms with Crippen molar-refractivity contribution in [2.75, 3.05) is 37.9 Å². The first-order valence-electron chi connectivity index (χ1n) is 9.27. The number of ether oxygens (including phenoxy) is 2. The van der Waals surface area contributed by atoms with Crippen LogP contribution in [0.25, 0.3) is 0 Å². The van der Waals surface area contributed by atoms with Crippen LogP contribution < -0.4 is 14.8 Å². The molecule has 9 heteroatoms. The van der Waals surface area contributed by atoms with Gasteiger partial charge in [-0.15, -0.1) is 0 Å². The standard InChI is InChI=1S/C18H27N3O5S/c1-27(23,24)20-15-6-3-9-21(12-15)18(22)19-14-5-2-7-16(11-14)26-13-17-8-4-10-25-17/h2,5,7,11,15,17,20H,3-4,6,8-10,12-13H2,1H3,(H,19,22)/t15-,17+/m1/s1. The topological polar surface area (TPSA) is 97.0 Å². The van der Waals surface area contributed by atoms with E-state index in [1.807, 2.05) is 12.1 Å². The number of anilines is 1. The lowest BCUT2D eigenvalue weighted by Crippen LogP contribution is -2.50. The van der Waals surface area contributed by atoms with Gasteiger partial charge in [-0.1, -0.05) is 6.07 Å². The highest BCUT2D eigenvalue weighted by atomic mass is 32.2. The average molecular weight is 397 g/mol. The molecule has 0 spiro atoms. The van der Waals surface area contributed by atoms with Gasteiger partial charge >= 0.3 is 6.03 Å². The fourth-order valence-corrected chi connectivity index (χ4v) is 4.19. The number of hydrogen-bond acceptors (Lipinski definition) is 5. The van der Waals surface area contributed by atoms with Crippen molar-refractivity contribution in [2.24, 2.45) is 0 Å². The molecule has 2 amide bonds. The average Bonchev–Trinajstić information content (AvgIpc) is 3.13. The molecule has 3 rings (SSSR count). The zero-order valence-electron chi connectivity index (χ0n) is 15.5. The number of benzene rings is 1. The first-order valence-corrected chi connectivity index (χ1v) is 11.2. The molecule has 1 aromatic carbocycles. The maximum absolute atomic E-state index is 12.5. The molecule has 27 heavy (non-hydrogen) atoms. The number of nitrogens with one attached hydrogen (secondary N) is 2. The van der Waals surface area contributed by atoms with Crippen LogP contribution in [0.15, 0.2) is 24.3 Å². The van der Waals surface area contributed by atoms with E-state index in [2.05, 4.69) is 10.0 Å². The van der Waals surface area contributed by atoms with Crippen molar-refractivity contribution in [1.29, 1.82) is 0 Å². The second-order valence-corrected chi connectivity index (χ2v) is 8.86. The molecule has 0 aliphatic carbocycles. The fraction of sp³-hybridized carbons (Fsp3) is 0.611. The van der Waals surface area contributed by atoms with E-state index in [4.69, 9.17) is 9.47 Å². The lowest BCUT2D eigenvalue weighted by Gasteiger charge is -2.32. The van der Waals surface area contributed by atoms with Gasteiger partial charge in [-0.2, -0.15) is 0 Å². The summed E-state index contributed by atoms with van der Waals surface area (Å²) in [6, 6.07) is 6.75. The number of sulfonamides is 1. The number of hydrogen-bond donors (Lipinski definition) is 2. The molecule has 2 fully saturated rings. The first-order chi connectivity index (χ1) is 12.9. The van der Waals surface area contributed by atoms with E-state index in [9.17, 15) is 13.2 Å². The van der Waals surface area contributed by atoms with Gasteiger partial charge in [0, 0.05) is 37.5 Å². The van der Waals surface area contributed by atoms with Crippen LogP contribution in [0.2, 0.25) is 0 Å². The summed E-state index contributed by atoms with van der Waals surface area (Å²) in [6.07, 6.45) is 4.82. The molecule has 0 aromatic heterocycles. The van der Waals surface area contributed by atoms with Crippen LogP contribution in [0.5, 0.6) is 5.75 Å². The van der Waals surface area contributed by atoms with Crippen molar-refractivity contribution in [3.8, 4) is 5.75 Å². The molecule has 2 saturated heterocycles. The van der Waals surface area contributed by atoms with E-state index in [0.717, 1.165) is 38.5 Å². The number of piperidine rings is 1. The quantitative estimate of drug-likeness (QED) is 0.763. The van der Waals surface area contributed by atoms with Gasteiger partial charge in [0.05, 0.1) is 12.4 Å². The molecule has 2 aliphatic heterocycles. The Morgan fingerprint density at radius 2 is 2.19 bits per heavy atom. The Bertz CT molecular complexity index is 749. The normalized spacial score (nSPS) is 23.2. The highest BCUT2D eigenvalue weighted by molar-refractivity contribution is 7.88. The molecular weight excluding hydrogens is 370 g/mol. The van der Waals surface area contributed by atoms with Crippen LogP contribution in [0.4, 0.5) is 10.5 Å². The summed E-state index contributed by atoms with van der Waals surface area (Å²) < 4.78 is 36.7. The number of amides is 2. The Hall–Kier alpha value is -1.84. The van der Waals surface area contributed by atoms with Gasteiger partial charge in [-0.05, 0) is 37.8 Å². The molecule has 2 aliphatic rings. The van der Waals surface area contributed by atoms with Crippen molar-refractivity contribution in [3.63, 3.8) is 0 Å². The van der Waals surface area contributed by atoms with Crippen molar-refractivity contribution in [3.05, 3.63) is 24.3 Å². The Morgan fingerprint density at radius 1 is 1.33 bits per heavy atom. The molecule has 0 bridgehead atoms. The number of carbonyl (C=O) groups is 1. The Kier molecular flexibility index (Phi) is 6.56. The molecule has 150 valence electrons. The van der Waals surface area contributed by atoms with E-state index in [0.29, 0.717) is 31.1 Å². The number of nitrogens with zero attached hydrogens (tertiary/aromatic N) is 1. The third-order valence-corrected chi connectivity index (χ3v) is 5.40. The number of carbonyl (C=O) groups excluding carboxylic acids is 1. The summed E-state index contributed by atoms with van der Waals surface area (Å²) in [6.45, 7) is 2.24. The lowest BCUT2D eigenvalue weighted by atomic mass is 10.1. The second-order valence-electron chi connectivity index (χ2n) is 7.08. The molecule has 2 heterocycles. The van der Waals surface area contributed by atoms with Gasteiger partial charge in [0.1, 0.15) is 12.4 Å². The summed E-state index contributed by atoms with van der Waals surface area (Å²) in [7, 11) is -3.29. The minimum absolute atomic E-state index is 0.135. The van der Waals surface area contributed by atoms with Crippen LogP contribution in [-0.4, -0.2) is 64.1 Å². The van der Waals surface area contributed by atoms with E-state index >= 15 is 0 Å². The van der Waals surface area contributed by atoms with Crippen molar-refractivity contribution in [1.82, 2.24) is 9.62 Å². The highest BCUT2D eigenvalue weighted by Gasteiger charge is 2.25. The van der Waals surface area contributed by atoms with Gasteiger partial charge in [0.25, 0.3) is 0 Å². The van der Waals surface area contributed by atoms with E-state index in [1.54, 1.807) is 17.0 Å². The summed E-state index contributed by atoms with van der Waals surface area (Å²) in [5.41, 5.74) is 0.642. The maximum Gasteiger partial charge on any atom is 0.321 e. The van der Waals surface area contributed by atoms with E-state index in [-0.39, 0.29) is 18.2 Å². The van der Waals surface area contributed by atoms with E-state index in [1.165, 1.54) is 0 Å². The first kappa shape index (κ1) is 19.9. The van der Waals surface area contributed by atoms with Crippen LogP contribution in [-0.2, 0) is 14.8 Å². The van der Waals surface area contributed by atoms with Gasteiger partial charge in [0.15, 0.2) is 0 Å². The van der Waals surface area contributed by atoms with Crippen molar-refractivity contribution >= 4 is 21.7 Å². The van der Waals surface area contributed by atoms with E-state index < -0.39 is 10.0 Å². The molecule has 8 nitrogen and oxygen atoms in total. The number of urea groups is 1. The maximum atomic E-state index is 12.5. The van der Waals surface area contributed by atoms with Crippen LogP contribution >= 0.6 is 0 Å². The highest BCUT2D eigenvalue weighted by Crippen LogP contribution is 2.20. The second kappa shape index (κ2) is 8.90. The van der Waals surface area contributed by atoms with Crippen LogP contribution in [0, 0.1) is 0 Å². The largest absolute Gasteiger partial charge is 0.491 e. The Morgan fingerprint density at radius 3 is 2.93 bits per heavy atom. The zero-order chi connectivity index (χ0) is 19.3. The molecule has 1 aromatic rings. The SMILES string of the molecule is CS(=O)(=O)N[C@@H]1CCCN(C(=O)Nc2cccc(OC[C@@H]3CCCO3)c2)C1. The predicted octanol–water partition coefficient (Wildman–Crippen LogP) is 1.79. The molecule has 2 N–H and O–H groups in total. The summed E-state index contributed by atoms with van der Waals surface area (Å²) in [5.74, 6) is 0.679. The lowest BCUT2D eigenvalue weighted by molar-refractivity contribution is 0.0680. The van der Waals surface area contributed by atoms with Gasteiger partial charge in [0.2, 0.25) is 10.0 Å². The fourth-order valence-electron chi connectivity index (χ4n) is 3.39. The van der Waals surface area contributed by atoms with Crippen molar-refractivity contribution in [2.45, 2.75) is 37.8 Å². The summed E-state index contributed by atoms with van der Waals surface area (Å²) in [5, 5.41) is 2.86. The van der Waals surface area contributed by atoms with Crippen LogP contribution in [0.1, 0.15) is 25.7 Å². The minimum Gasteiger partial charge on any atom is -0.491 e. The minimum atomic E-state index is -3.29. The third-order valence-electron chi connectivity index (χ3n) is 4.63. The monoisotopic (exact) mass is 397 g/mol. The molecular formula is C18H27N3O5S. The molecule has 0 radical (unpaired) electrons. The zero-order valence-corrected chi connectivity index (χ0v) is 16.3. The summed E-state index contributed by atoms with van der Waals surface area (Å²) >= 11 is 0.